The third-order valence-electron chi connectivity index (χ3n) is 31.0. The fourth-order valence-corrected chi connectivity index (χ4v) is 20.8. The molecule has 12 aromatic carbocycles. The maximum Gasteiger partial charge on any atom is 0.313 e. The number of carbonyl (C=O) groups is 6. The summed E-state index contributed by atoms with van der Waals surface area (Å²) in [6.45, 7) is 24.6. The lowest BCUT2D eigenvalue weighted by molar-refractivity contribution is -0.143. The Bertz CT molecular complexity index is 5920. The van der Waals surface area contributed by atoms with E-state index in [0.29, 0.717) is 47.9 Å². The van der Waals surface area contributed by atoms with Crippen LogP contribution in [0.1, 0.15) is 281 Å². The zero-order valence-corrected chi connectivity index (χ0v) is 87.4. The summed E-state index contributed by atoms with van der Waals surface area (Å²) in [6, 6.07) is 110. The predicted molar refractivity (Wildman–Crippen MR) is 585 cm³/mol. The lowest BCUT2D eigenvalue weighted by atomic mass is 9.72. The van der Waals surface area contributed by atoms with Crippen molar-refractivity contribution in [1.82, 2.24) is 19.6 Å². The smallest absolute Gasteiger partial charge is 0.313 e. The van der Waals surface area contributed by atoms with Crippen molar-refractivity contribution >= 4 is 35.4 Å². The number of ketones is 2. The molecular weight excluding hydrogens is 1850 g/mol. The number of ether oxygens (including phenoxy) is 2. The van der Waals surface area contributed by atoms with Gasteiger partial charge in [0.1, 0.15) is 23.4 Å². The number of piperidine rings is 4. The van der Waals surface area contributed by atoms with E-state index in [2.05, 4.69) is 117 Å². The number of carboxylic acids is 4. The molecule has 148 heavy (non-hydrogen) atoms. The Kier molecular flexibility index (Phi) is 40.8. The summed E-state index contributed by atoms with van der Waals surface area (Å²) < 4.78 is 13.3. The third-order valence-corrected chi connectivity index (χ3v) is 31.0. The molecule has 4 saturated heterocycles. The second kappa shape index (κ2) is 53.6. The van der Waals surface area contributed by atoms with Crippen molar-refractivity contribution in [3.63, 3.8) is 0 Å². The van der Waals surface area contributed by atoms with Crippen LogP contribution in [0.15, 0.2) is 340 Å². The lowest BCUT2D eigenvalue weighted by Gasteiger charge is -2.42. The monoisotopic (exact) mass is 2000 g/mol. The van der Waals surface area contributed by atoms with E-state index in [0.717, 1.165) is 200 Å². The van der Waals surface area contributed by atoms with Crippen LogP contribution < -0.4 is 0 Å². The van der Waals surface area contributed by atoms with Gasteiger partial charge >= 0.3 is 23.9 Å². The van der Waals surface area contributed by atoms with Gasteiger partial charge in [-0.3, -0.25) is 28.8 Å². The van der Waals surface area contributed by atoms with E-state index >= 15 is 0 Å². The summed E-state index contributed by atoms with van der Waals surface area (Å²) >= 11 is 0. The molecular formula is C128H152N4O16. The molecule has 0 aliphatic carbocycles. The van der Waals surface area contributed by atoms with Gasteiger partial charge in [-0.25, -0.2) is 0 Å². The van der Waals surface area contributed by atoms with Crippen LogP contribution >= 0.6 is 0 Å². The first kappa shape index (κ1) is 113. The van der Waals surface area contributed by atoms with Crippen molar-refractivity contribution in [2.45, 2.75) is 228 Å². The quantitative estimate of drug-likeness (QED) is 0.0165. The zero-order chi connectivity index (χ0) is 105. The molecule has 4 fully saturated rings. The molecule has 0 radical (unpaired) electrons. The number of aliphatic carboxylic acids is 4. The van der Waals surface area contributed by atoms with Crippen molar-refractivity contribution in [3.05, 3.63) is 429 Å². The first-order valence-electron chi connectivity index (χ1n) is 53.0. The van der Waals surface area contributed by atoms with Gasteiger partial charge in [0.15, 0.2) is 11.6 Å². The molecule has 4 aliphatic heterocycles. The molecule has 8 N–H and O–H groups in total. The Morgan fingerprint density at radius 2 is 0.466 bits per heavy atom. The number of rotatable bonds is 42. The Balaban J connectivity index is 0.000000165. The average molecular weight is 2000 g/mol. The minimum Gasteiger partial charge on any atom is -0.481 e. The predicted octanol–water partition coefficient (Wildman–Crippen LogP) is 23.6. The molecule has 0 bridgehead atoms. The van der Waals surface area contributed by atoms with Crippen molar-refractivity contribution in [2.75, 3.05) is 78.5 Å². The SMILES string of the molecule is CC(C)(C(=O)O)c1ccc(C(=O)CCCN2CCC(C(O)(c3ccccc3)c3ccccc3)CC2)cc1.CC(C)(C(=O)O)c1ccc(C(=O)CCCN2CCC(OC(c3ccccc3)c3ccccc3)CC2)cc1.CC(C)(C(=O)O)c1ccc(C(O)CCCN2CCC(C(O)(c3ccccc3)c3ccccc3)CC2)cc1.CC(C)(C(=O)O)c1ccc(C(O)CCCN2CCC(OC(c3ccccc3)c3ccccc3)CC2)cc1. The molecule has 0 spiro atoms. The number of nitrogens with zero attached hydrogens (tertiary/aromatic N) is 4. The molecule has 16 rings (SSSR count). The molecule has 4 heterocycles. The lowest BCUT2D eigenvalue weighted by Crippen LogP contribution is -2.44. The van der Waals surface area contributed by atoms with Gasteiger partial charge in [0, 0.05) is 50.1 Å². The summed E-state index contributed by atoms with van der Waals surface area (Å²) in [5.41, 5.74) is 8.36. The van der Waals surface area contributed by atoms with Crippen LogP contribution in [0.25, 0.3) is 0 Å². The molecule has 780 valence electrons. The van der Waals surface area contributed by atoms with E-state index in [4.69, 9.17) is 9.47 Å². The van der Waals surface area contributed by atoms with Gasteiger partial charge in [-0.05, 0) is 287 Å². The van der Waals surface area contributed by atoms with Gasteiger partial charge in [0.2, 0.25) is 0 Å². The van der Waals surface area contributed by atoms with Gasteiger partial charge in [-0.2, -0.15) is 0 Å². The summed E-state index contributed by atoms with van der Waals surface area (Å²) in [6.07, 6.45) is 12.4. The Hall–Kier alpha value is -12.5. The van der Waals surface area contributed by atoms with Crippen LogP contribution in [0, 0.1) is 11.8 Å². The number of benzene rings is 12. The van der Waals surface area contributed by atoms with E-state index < -0.39 is 68.9 Å². The number of hydrogen-bond donors (Lipinski definition) is 8. The summed E-state index contributed by atoms with van der Waals surface area (Å²) in [7, 11) is 0. The standard InChI is InChI=1S/C32H39NO4.C32H37NO4.C32H39NO4.C32H37NO4/c2*1-31(2,30(35)36)25-17-15-24(16-18-25)29(34)14-9-21-33-22-19-28(20-23-33)32(37,26-10-5-3-6-11-26)27-12-7-4-8-13-27;2*1-32(2,31(35)36)27-17-15-24(16-18-27)29(34)14-9-21-33-22-19-28(20-23-33)37-30(25-10-5-3-6-11-25)26-12-7-4-8-13-26/h3-8,10-13,15-18,28-29,34,37H,9,14,19-23H2,1-2H3,(H,35,36);3-8,10-13,15-18,28,37H,9,14,19-23H2,1-2H3,(H,35,36);3-8,10-13,15-18,28-30,34H,9,14,19-23H2,1-2H3,(H,35,36);3-8,10-13,15-18,28,30H,9,14,19-23H2,1-2H3,(H,35,36). The highest BCUT2D eigenvalue weighted by Crippen LogP contribution is 2.45. The first-order chi connectivity index (χ1) is 71.1. The Labute approximate surface area is 875 Å². The summed E-state index contributed by atoms with van der Waals surface area (Å²) in [5, 5.41) is 83.1. The highest BCUT2D eigenvalue weighted by Gasteiger charge is 2.44. The number of carbonyl (C=O) groups excluding carboxylic acids is 2. The Morgan fingerprint density at radius 3 is 0.689 bits per heavy atom. The molecule has 20 nitrogen and oxygen atoms in total. The molecule has 0 saturated carbocycles. The molecule has 2 atom stereocenters. The fourth-order valence-electron chi connectivity index (χ4n) is 20.8. The topological polar surface area (TPSA) is 296 Å². The van der Waals surface area contributed by atoms with Crippen LogP contribution in [-0.2, 0) is 61.5 Å². The van der Waals surface area contributed by atoms with E-state index in [9.17, 15) is 69.6 Å². The molecule has 0 amide bonds. The van der Waals surface area contributed by atoms with E-state index in [1.165, 1.54) is 22.3 Å². The minimum atomic E-state index is -1.02. The summed E-state index contributed by atoms with van der Waals surface area (Å²) in [5.74, 6) is -3.06. The normalized spacial score (nSPS) is 15.8. The maximum absolute atomic E-state index is 12.7. The second-order valence-corrected chi connectivity index (χ2v) is 42.5. The second-order valence-electron chi connectivity index (χ2n) is 42.5. The molecule has 20 heteroatoms. The van der Waals surface area contributed by atoms with Crippen molar-refractivity contribution in [1.29, 1.82) is 0 Å². The number of aliphatic hydroxyl groups excluding tert-OH is 2. The van der Waals surface area contributed by atoms with Gasteiger partial charge in [-0.15, -0.1) is 0 Å². The number of likely N-dealkylation sites (tertiary alicyclic amines) is 4. The van der Waals surface area contributed by atoms with Crippen molar-refractivity contribution < 1.29 is 79.1 Å². The van der Waals surface area contributed by atoms with Crippen molar-refractivity contribution in [2.24, 2.45) is 11.8 Å². The molecule has 12 aromatic rings. The van der Waals surface area contributed by atoms with Crippen LogP contribution in [-0.4, -0.2) is 187 Å². The average Bonchev–Trinajstić information content (AvgIpc) is 0.767. The van der Waals surface area contributed by atoms with Crippen LogP contribution in [0.5, 0.6) is 0 Å². The maximum atomic E-state index is 12.7. The van der Waals surface area contributed by atoms with E-state index in [-0.39, 0.29) is 47.8 Å². The third kappa shape index (κ3) is 30.0. The van der Waals surface area contributed by atoms with Gasteiger partial charge < -0.3 is 69.9 Å². The Morgan fingerprint density at radius 1 is 0.264 bits per heavy atom. The minimum absolute atomic E-state index is 0.0541. The highest BCUT2D eigenvalue weighted by molar-refractivity contribution is 5.97. The van der Waals surface area contributed by atoms with E-state index in [1.54, 1.807) is 116 Å². The van der Waals surface area contributed by atoms with Crippen LogP contribution in [0.4, 0.5) is 0 Å². The number of aliphatic hydroxyl groups is 4. The summed E-state index contributed by atoms with van der Waals surface area (Å²) in [4.78, 5) is 81.0. The largest absolute Gasteiger partial charge is 0.481 e. The molecule has 0 aromatic heterocycles. The molecule has 2 unspecified atom stereocenters. The highest BCUT2D eigenvalue weighted by atomic mass is 16.5. The van der Waals surface area contributed by atoms with Crippen LogP contribution in [0.3, 0.4) is 0 Å². The zero-order valence-electron chi connectivity index (χ0n) is 87.4. The number of carboxylic acid groups (broad SMARTS) is 4. The number of Topliss-reactive ketones (excluding diaryl/α,β-unsaturated/α-hetero) is 2. The molecule has 4 aliphatic rings. The van der Waals surface area contributed by atoms with Crippen LogP contribution in [0.2, 0.25) is 0 Å². The van der Waals surface area contributed by atoms with Gasteiger partial charge in [-0.1, -0.05) is 340 Å². The van der Waals surface area contributed by atoms with Crippen molar-refractivity contribution in [3.8, 4) is 0 Å². The fraction of sp³-hybridized carbons (Fsp3) is 0.391. The van der Waals surface area contributed by atoms with Gasteiger partial charge in [0.05, 0.1) is 46.1 Å². The first-order valence-corrected chi connectivity index (χ1v) is 53.0. The van der Waals surface area contributed by atoms with Gasteiger partial charge in [0.25, 0.3) is 0 Å². The van der Waals surface area contributed by atoms with E-state index in [1.807, 2.05) is 182 Å². The number of hydrogen-bond acceptors (Lipinski definition) is 16.